The standard InChI is InChI=1S/C27H25ClN4O4/c1-27(2)25(33)32(21-7-5-20(17-29)22(28)16-21)26(34)31(27)13-4-14-36-23-8-6-19(15-24(23)35-3)18-9-11-30-12-10-18/h5-12,15-16H,4,13-14H2,1-3H3. The van der Waals surface area contributed by atoms with Crippen LogP contribution in [0.1, 0.15) is 25.8 Å². The smallest absolute Gasteiger partial charge is 0.332 e. The second-order valence-electron chi connectivity index (χ2n) is 8.71. The second kappa shape index (κ2) is 10.3. The third kappa shape index (κ3) is 4.70. The van der Waals surface area contributed by atoms with Gasteiger partial charge in [-0.1, -0.05) is 17.7 Å². The van der Waals surface area contributed by atoms with E-state index in [1.54, 1.807) is 39.4 Å². The van der Waals surface area contributed by atoms with Crippen LogP contribution in [0.2, 0.25) is 5.02 Å². The summed E-state index contributed by atoms with van der Waals surface area (Å²) in [5.41, 5.74) is 1.56. The molecule has 3 aromatic rings. The van der Waals surface area contributed by atoms with Crippen LogP contribution >= 0.6 is 11.6 Å². The van der Waals surface area contributed by atoms with E-state index in [-0.39, 0.29) is 16.5 Å². The molecule has 184 valence electrons. The molecular formula is C27H25ClN4O4. The van der Waals surface area contributed by atoms with Crippen LogP contribution in [0.5, 0.6) is 11.5 Å². The van der Waals surface area contributed by atoms with Crippen LogP contribution in [-0.2, 0) is 4.79 Å². The summed E-state index contributed by atoms with van der Waals surface area (Å²) in [6, 6.07) is 15.6. The topological polar surface area (TPSA) is 95.8 Å². The number of carbonyl (C=O) groups excluding carboxylic acids is 2. The molecule has 36 heavy (non-hydrogen) atoms. The van der Waals surface area contributed by atoms with Gasteiger partial charge in [0, 0.05) is 18.9 Å². The lowest BCUT2D eigenvalue weighted by atomic mass is 10.0. The van der Waals surface area contributed by atoms with E-state index in [4.69, 9.17) is 26.3 Å². The first kappa shape index (κ1) is 25.0. The Bertz CT molecular complexity index is 1340. The number of methoxy groups -OCH3 is 1. The van der Waals surface area contributed by atoms with Crippen molar-refractivity contribution in [1.29, 1.82) is 5.26 Å². The number of benzene rings is 2. The quantitative estimate of drug-likeness (QED) is 0.305. The number of ether oxygens (including phenoxy) is 2. The van der Waals surface area contributed by atoms with Crippen molar-refractivity contribution in [3.8, 4) is 28.7 Å². The Morgan fingerprint density at radius 3 is 2.44 bits per heavy atom. The summed E-state index contributed by atoms with van der Waals surface area (Å²) in [5.74, 6) is 0.829. The van der Waals surface area contributed by atoms with Gasteiger partial charge in [0.05, 0.1) is 30.0 Å². The Morgan fingerprint density at radius 1 is 1.03 bits per heavy atom. The zero-order valence-electron chi connectivity index (χ0n) is 20.2. The van der Waals surface area contributed by atoms with Crippen LogP contribution in [0.15, 0.2) is 60.9 Å². The zero-order valence-corrected chi connectivity index (χ0v) is 21.0. The molecule has 0 saturated carbocycles. The van der Waals surface area contributed by atoms with E-state index in [1.807, 2.05) is 36.4 Å². The third-order valence-electron chi connectivity index (χ3n) is 6.12. The fourth-order valence-corrected chi connectivity index (χ4v) is 4.30. The van der Waals surface area contributed by atoms with Gasteiger partial charge in [-0.2, -0.15) is 5.26 Å². The number of nitriles is 1. The largest absolute Gasteiger partial charge is 0.493 e. The van der Waals surface area contributed by atoms with Crippen LogP contribution in [0, 0.1) is 11.3 Å². The maximum atomic E-state index is 13.2. The van der Waals surface area contributed by atoms with Crippen molar-refractivity contribution in [1.82, 2.24) is 9.88 Å². The van der Waals surface area contributed by atoms with E-state index in [2.05, 4.69) is 4.98 Å². The highest BCUT2D eigenvalue weighted by atomic mass is 35.5. The lowest BCUT2D eigenvalue weighted by Gasteiger charge is -2.27. The molecule has 0 aliphatic carbocycles. The average Bonchev–Trinajstić information content (AvgIpc) is 3.05. The molecule has 0 bridgehead atoms. The van der Waals surface area contributed by atoms with Gasteiger partial charge < -0.3 is 14.4 Å². The lowest BCUT2D eigenvalue weighted by molar-refractivity contribution is -0.123. The molecule has 1 aliphatic rings. The number of amides is 3. The number of hydrogen-bond donors (Lipinski definition) is 0. The first-order valence-electron chi connectivity index (χ1n) is 11.3. The third-order valence-corrected chi connectivity index (χ3v) is 6.43. The van der Waals surface area contributed by atoms with E-state index in [0.717, 1.165) is 16.0 Å². The SMILES string of the molecule is COc1cc(-c2ccncc2)ccc1OCCCN1C(=O)N(c2ccc(C#N)c(Cl)c2)C(=O)C1(C)C. The molecule has 0 spiro atoms. The number of pyridine rings is 1. The number of rotatable bonds is 8. The highest BCUT2D eigenvalue weighted by Crippen LogP contribution is 2.35. The van der Waals surface area contributed by atoms with E-state index in [9.17, 15) is 9.59 Å². The van der Waals surface area contributed by atoms with Crippen molar-refractivity contribution in [2.24, 2.45) is 0 Å². The average molecular weight is 505 g/mol. The monoisotopic (exact) mass is 504 g/mol. The van der Waals surface area contributed by atoms with Crippen LogP contribution in [0.4, 0.5) is 10.5 Å². The predicted octanol–water partition coefficient (Wildman–Crippen LogP) is 5.30. The van der Waals surface area contributed by atoms with Gasteiger partial charge in [0.25, 0.3) is 5.91 Å². The van der Waals surface area contributed by atoms with Gasteiger partial charge in [-0.25, -0.2) is 9.69 Å². The number of halogens is 1. The van der Waals surface area contributed by atoms with Crippen LogP contribution < -0.4 is 14.4 Å². The Morgan fingerprint density at radius 2 is 1.78 bits per heavy atom. The highest BCUT2D eigenvalue weighted by molar-refractivity contribution is 6.32. The van der Waals surface area contributed by atoms with Gasteiger partial charge in [0.1, 0.15) is 11.6 Å². The molecule has 0 radical (unpaired) electrons. The molecule has 1 aliphatic heterocycles. The van der Waals surface area contributed by atoms with Crippen LogP contribution in [0.3, 0.4) is 0 Å². The molecule has 1 saturated heterocycles. The molecule has 2 aromatic carbocycles. The van der Waals surface area contributed by atoms with Gasteiger partial charge in [-0.05, 0) is 73.9 Å². The normalized spacial score (nSPS) is 14.6. The van der Waals surface area contributed by atoms with Gasteiger partial charge in [-0.15, -0.1) is 0 Å². The summed E-state index contributed by atoms with van der Waals surface area (Å²) >= 11 is 6.13. The summed E-state index contributed by atoms with van der Waals surface area (Å²) in [6.07, 6.45) is 3.96. The highest BCUT2D eigenvalue weighted by Gasteiger charge is 2.51. The number of carbonyl (C=O) groups is 2. The van der Waals surface area contributed by atoms with Crippen molar-refractivity contribution in [2.75, 3.05) is 25.2 Å². The number of imide groups is 1. The maximum absolute atomic E-state index is 13.2. The number of nitrogens with zero attached hydrogens (tertiary/aromatic N) is 4. The summed E-state index contributed by atoms with van der Waals surface area (Å²) in [5, 5.41) is 9.28. The van der Waals surface area contributed by atoms with Crippen molar-refractivity contribution in [2.45, 2.75) is 25.8 Å². The summed E-state index contributed by atoms with van der Waals surface area (Å²) in [7, 11) is 1.58. The van der Waals surface area contributed by atoms with Crippen LogP contribution in [-0.4, -0.2) is 47.6 Å². The van der Waals surface area contributed by atoms with Crippen molar-refractivity contribution < 1.29 is 19.1 Å². The number of hydrogen-bond acceptors (Lipinski definition) is 6. The first-order valence-corrected chi connectivity index (χ1v) is 11.7. The molecule has 9 heteroatoms. The first-order chi connectivity index (χ1) is 17.3. The lowest BCUT2D eigenvalue weighted by Crippen LogP contribution is -2.44. The Hall–Kier alpha value is -4.09. The minimum atomic E-state index is -1.04. The fraction of sp³-hybridized carbons (Fsp3) is 0.259. The minimum absolute atomic E-state index is 0.184. The molecule has 8 nitrogen and oxygen atoms in total. The molecule has 4 rings (SSSR count). The fourth-order valence-electron chi connectivity index (χ4n) is 4.09. The summed E-state index contributed by atoms with van der Waals surface area (Å²) in [4.78, 5) is 33.0. The molecule has 0 N–H and O–H groups in total. The molecule has 1 fully saturated rings. The number of anilines is 1. The molecule has 0 atom stereocenters. The number of urea groups is 1. The predicted molar refractivity (Wildman–Crippen MR) is 136 cm³/mol. The summed E-state index contributed by atoms with van der Waals surface area (Å²) < 4.78 is 11.4. The van der Waals surface area contributed by atoms with E-state index in [1.165, 1.54) is 17.0 Å². The number of aromatic nitrogens is 1. The van der Waals surface area contributed by atoms with Gasteiger partial charge in [-0.3, -0.25) is 9.78 Å². The van der Waals surface area contributed by atoms with Crippen molar-refractivity contribution >= 4 is 29.2 Å². The van der Waals surface area contributed by atoms with E-state index < -0.39 is 11.6 Å². The van der Waals surface area contributed by atoms with Gasteiger partial charge >= 0.3 is 6.03 Å². The van der Waals surface area contributed by atoms with E-state index >= 15 is 0 Å². The second-order valence-corrected chi connectivity index (χ2v) is 9.12. The molecule has 3 amide bonds. The summed E-state index contributed by atoms with van der Waals surface area (Å²) in [6.45, 7) is 4.05. The Balaban J connectivity index is 1.42. The Kier molecular flexibility index (Phi) is 7.13. The van der Waals surface area contributed by atoms with Gasteiger partial charge in [0.2, 0.25) is 0 Å². The van der Waals surface area contributed by atoms with Crippen molar-refractivity contribution in [3.05, 3.63) is 71.5 Å². The Labute approximate surface area is 214 Å². The molecule has 2 heterocycles. The zero-order chi connectivity index (χ0) is 25.9. The van der Waals surface area contributed by atoms with Crippen LogP contribution in [0.25, 0.3) is 11.1 Å². The molecule has 1 aromatic heterocycles. The molecular weight excluding hydrogens is 480 g/mol. The van der Waals surface area contributed by atoms with E-state index in [0.29, 0.717) is 36.8 Å². The van der Waals surface area contributed by atoms with Gasteiger partial charge in [0.15, 0.2) is 11.5 Å². The minimum Gasteiger partial charge on any atom is -0.493 e. The molecule has 0 unspecified atom stereocenters. The van der Waals surface area contributed by atoms with Crippen molar-refractivity contribution in [3.63, 3.8) is 0 Å². The maximum Gasteiger partial charge on any atom is 0.332 e.